The van der Waals surface area contributed by atoms with Crippen LogP contribution in [0.1, 0.15) is 28.1 Å². The van der Waals surface area contributed by atoms with Crippen LogP contribution in [0.5, 0.6) is 0 Å². The zero-order valence-corrected chi connectivity index (χ0v) is 20.3. The topological polar surface area (TPSA) is 149 Å². The molecule has 0 aliphatic carbocycles. The Balaban J connectivity index is -0.000000332. The van der Waals surface area contributed by atoms with Gasteiger partial charge in [0.1, 0.15) is 17.7 Å². The number of nitrogen functional groups attached to an aromatic ring is 2. The fraction of sp³-hybridized carbons (Fsp3) is 0.235. The smallest absolute Gasteiger partial charge is 0.512 e. The van der Waals surface area contributed by atoms with Crippen molar-refractivity contribution in [1.82, 2.24) is 9.97 Å². The van der Waals surface area contributed by atoms with Crippen molar-refractivity contribution in [2.75, 3.05) is 11.5 Å². The summed E-state index contributed by atoms with van der Waals surface area (Å²) < 4.78 is 1.20. The van der Waals surface area contributed by atoms with Crippen LogP contribution in [0.2, 0.25) is 0 Å². The summed E-state index contributed by atoms with van der Waals surface area (Å²) in [6.07, 6.45) is 0. The number of hydrogen-bond donors (Lipinski definition) is 2. The summed E-state index contributed by atoms with van der Waals surface area (Å²) in [6, 6.07) is 5.66. The molecule has 26 heavy (non-hydrogen) atoms. The fourth-order valence-corrected chi connectivity index (χ4v) is 2.15. The third-order valence-corrected chi connectivity index (χ3v) is 4.49. The van der Waals surface area contributed by atoms with Gasteiger partial charge in [0.05, 0.1) is 17.0 Å². The first kappa shape index (κ1) is 28.5. The Labute approximate surface area is 181 Å². The Hall–Kier alpha value is -2.28. The zero-order valence-electron chi connectivity index (χ0n) is 15.1. The van der Waals surface area contributed by atoms with Crippen molar-refractivity contribution in [2.45, 2.75) is 27.7 Å². The summed E-state index contributed by atoms with van der Waals surface area (Å²) in [6.45, 7) is 17.1. The van der Waals surface area contributed by atoms with Gasteiger partial charge in [0.2, 0.25) is 0 Å². The van der Waals surface area contributed by atoms with Crippen LogP contribution in [0, 0.1) is 66.3 Å². The molecule has 0 amide bonds. The average Bonchev–Trinajstić information content (AvgIpc) is 2.56. The number of nitrogens with two attached hydrogens (primary N) is 2. The van der Waals surface area contributed by atoms with E-state index in [4.69, 9.17) is 40.4 Å². The van der Waals surface area contributed by atoms with Gasteiger partial charge in [-0.25, -0.2) is 9.97 Å². The van der Waals surface area contributed by atoms with Gasteiger partial charge in [-0.2, -0.15) is 5.26 Å². The second-order valence-electron chi connectivity index (χ2n) is 4.70. The largest absolute Gasteiger partial charge is 2.00 e. The molecule has 130 valence electrons. The van der Waals surface area contributed by atoms with E-state index in [-0.39, 0.29) is 19.5 Å². The van der Waals surface area contributed by atoms with Gasteiger partial charge in [-0.3, -0.25) is 0 Å². The number of pyridine rings is 2. The van der Waals surface area contributed by atoms with Crippen molar-refractivity contribution in [2.24, 2.45) is 0 Å². The molecule has 0 aliphatic rings. The molecule has 0 saturated carbocycles. The molecule has 0 aliphatic heterocycles. The summed E-state index contributed by atoms with van der Waals surface area (Å²) in [5, 5.41) is 21.2. The molecular formula is C17H18IN7Zn. The first-order valence-corrected chi connectivity index (χ1v) is 7.82. The Morgan fingerprint density at radius 1 is 0.885 bits per heavy atom. The van der Waals surface area contributed by atoms with Gasteiger partial charge in [-0.1, -0.05) is 0 Å². The predicted molar refractivity (Wildman–Crippen MR) is 104 cm³/mol. The number of nitrogens with zero attached hydrogens (tertiary/aromatic N) is 5. The number of rotatable bonds is 0. The molecule has 2 aromatic rings. The standard InChI is InChI=1S/C8H9N3.C7H9IN2.2CN.Zn/c1-5-3-8(10)11-6(2)7(5)4-9;1-4-3-6(9)10-5(2)7(4)8;2*1-2;/h3H,1-2H3,(H2,10,11);3H,1-2H3,(H2,9,10);;;/q;;2*-1;+2. The first-order valence-electron chi connectivity index (χ1n) is 6.74. The van der Waals surface area contributed by atoms with Crippen molar-refractivity contribution >= 4 is 34.2 Å². The van der Waals surface area contributed by atoms with Gasteiger partial charge < -0.3 is 35.1 Å². The average molecular weight is 513 g/mol. The molecule has 0 aromatic carbocycles. The molecule has 0 saturated heterocycles. The third-order valence-electron chi connectivity index (χ3n) is 2.85. The number of halogens is 1. The van der Waals surface area contributed by atoms with Crippen LogP contribution in [0.15, 0.2) is 12.1 Å². The maximum absolute atomic E-state index is 8.66. The van der Waals surface area contributed by atoms with Crippen LogP contribution in [0.3, 0.4) is 0 Å². The molecule has 0 bridgehead atoms. The molecule has 0 fully saturated rings. The summed E-state index contributed by atoms with van der Waals surface area (Å²) >= 11 is 2.27. The number of aromatic nitrogens is 2. The van der Waals surface area contributed by atoms with E-state index in [1.165, 1.54) is 9.13 Å². The fourth-order valence-electron chi connectivity index (χ4n) is 1.88. The van der Waals surface area contributed by atoms with E-state index in [0.29, 0.717) is 22.9 Å². The minimum Gasteiger partial charge on any atom is -0.512 e. The molecule has 0 spiro atoms. The van der Waals surface area contributed by atoms with Crippen LogP contribution < -0.4 is 11.5 Å². The molecule has 2 rings (SSSR count). The van der Waals surface area contributed by atoms with Gasteiger partial charge >= 0.3 is 19.5 Å². The number of nitriles is 1. The van der Waals surface area contributed by atoms with Gasteiger partial charge in [-0.05, 0) is 73.5 Å². The number of hydrogen-bond acceptors (Lipinski definition) is 7. The van der Waals surface area contributed by atoms with Crippen molar-refractivity contribution < 1.29 is 19.5 Å². The van der Waals surface area contributed by atoms with E-state index >= 15 is 0 Å². The van der Waals surface area contributed by atoms with E-state index in [1.807, 2.05) is 26.8 Å². The number of anilines is 2. The van der Waals surface area contributed by atoms with Crippen molar-refractivity contribution in [3.8, 4) is 6.07 Å². The van der Waals surface area contributed by atoms with Gasteiger partial charge in [0.15, 0.2) is 0 Å². The summed E-state index contributed by atoms with van der Waals surface area (Å²) in [5.41, 5.74) is 15.4. The van der Waals surface area contributed by atoms with Crippen molar-refractivity contribution in [3.63, 3.8) is 0 Å². The van der Waals surface area contributed by atoms with Gasteiger partial charge in [-0.15, -0.1) is 0 Å². The summed E-state index contributed by atoms with van der Waals surface area (Å²) in [7, 11) is 0. The Morgan fingerprint density at radius 2 is 1.27 bits per heavy atom. The first-order chi connectivity index (χ1) is 11.8. The van der Waals surface area contributed by atoms with Crippen LogP contribution >= 0.6 is 22.6 Å². The Kier molecular flexibility index (Phi) is 16.5. The Bertz CT molecular complexity index is 743. The molecule has 0 radical (unpaired) electrons. The molecule has 2 heterocycles. The zero-order chi connectivity index (χ0) is 20.2. The SMILES string of the molecule is Cc1cc(N)nc(C)c1C#N.Cc1cc(N)nc(C)c1I.[C-]#N.[C-]#N.[Zn+2]. The van der Waals surface area contributed by atoms with E-state index in [1.54, 1.807) is 13.0 Å². The molecule has 7 nitrogen and oxygen atoms in total. The quantitative estimate of drug-likeness (QED) is 0.313. The van der Waals surface area contributed by atoms with E-state index in [9.17, 15) is 0 Å². The van der Waals surface area contributed by atoms with Gasteiger partial charge in [0.25, 0.3) is 0 Å². The molecule has 9 heteroatoms. The normalized spacial score (nSPS) is 7.85. The van der Waals surface area contributed by atoms with Gasteiger partial charge in [0, 0.05) is 3.57 Å². The summed E-state index contributed by atoms with van der Waals surface area (Å²) in [5.74, 6) is 1.08. The molecule has 0 atom stereocenters. The van der Waals surface area contributed by atoms with Crippen molar-refractivity contribution in [1.29, 1.82) is 15.8 Å². The molecule has 0 unspecified atom stereocenters. The van der Waals surface area contributed by atoms with Crippen LogP contribution in [0.4, 0.5) is 11.6 Å². The Morgan fingerprint density at radius 3 is 1.62 bits per heavy atom. The molecule has 4 N–H and O–H groups in total. The number of aryl methyl sites for hydroxylation is 4. The second kappa shape index (κ2) is 15.0. The minimum absolute atomic E-state index is 0. The van der Waals surface area contributed by atoms with E-state index in [2.05, 4.69) is 38.6 Å². The van der Waals surface area contributed by atoms with Crippen LogP contribution in [-0.4, -0.2) is 9.97 Å². The third kappa shape index (κ3) is 9.27. The van der Waals surface area contributed by atoms with Crippen LogP contribution in [0.25, 0.3) is 0 Å². The monoisotopic (exact) mass is 511 g/mol. The maximum atomic E-state index is 8.66. The second-order valence-corrected chi connectivity index (χ2v) is 5.78. The van der Waals surface area contributed by atoms with E-state index < -0.39 is 0 Å². The predicted octanol–water partition coefficient (Wildman–Crippen LogP) is 3.23. The van der Waals surface area contributed by atoms with Crippen LogP contribution in [-0.2, 0) is 19.5 Å². The minimum atomic E-state index is 0. The molecular weight excluding hydrogens is 495 g/mol. The van der Waals surface area contributed by atoms with Crippen molar-refractivity contribution in [3.05, 3.63) is 56.9 Å². The maximum Gasteiger partial charge on any atom is 2.00 e. The van der Waals surface area contributed by atoms with E-state index in [0.717, 1.165) is 11.3 Å². The molecule has 2 aromatic heterocycles. The summed E-state index contributed by atoms with van der Waals surface area (Å²) in [4.78, 5) is 8.06.